The van der Waals surface area contributed by atoms with Gasteiger partial charge in [-0.3, -0.25) is 4.79 Å². The highest BCUT2D eigenvalue weighted by molar-refractivity contribution is 8.93. The average Bonchev–Trinajstić information content (AvgIpc) is 2.87. The molecule has 40 heavy (non-hydrogen) atoms. The molecule has 0 aliphatic carbocycles. The molecule has 0 saturated heterocycles. The van der Waals surface area contributed by atoms with Gasteiger partial charge in [0.2, 0.25) is 0 Å². The van der Waals surface area contributed by atoms with Crippen LogP contribution in [0, 0.1) is 0 Å². The fraction of sp³-hybridized carbons (Fsp3) is 0.600. The van der Waals surface area contributed by atoms with E-state index in [-0.39, 0.29) is 53.6 Å². The van der Waals surface area contributed by atoms with Crippen molar-refractivity contribution in [3.8, 4) is 0 Å². The molecule has 1 aliphatic heterocycles. The number of aryl methyl sites for hydroxylation is 1. The largest absolute Gasteiger partial charge is 1.00 e. The van der Waals surface area contributed by atoms with Crippen LogP contribution in [-0.4, -0.2) is 36.2 Å². The number of halogens is 2. The molecule has 0 aromatic carbocycles. The molecule has 1 aromatic rings. The number of aliphatic carboxylic acids is 1. The Morgan fingerprint density at radius 2 is 1.32 bits per heavy atom. The molecule has 0 saturated carbocycles. The maximum Gasteiger partial charge on any atom is 0.336 e. The van der Waals surface area contributed by atoms with Crippen LogP contribution >= 0.6 is 17.0 Å². The summed E-state index contributed by atoms with van der Waals surface area (Å²) in [5.74, 6) is -2.15. The zero-order chi connectivity index (χ0) is 27.9. The van der Waals surface area contributed by atoms with E-state index in [0.29, 0.717) is 22.5 Å². The van der Waals surface area contributed by atoms with Gasteiger partial charge in [-0.15, -0.1) is 17.0 Å². The number of allylic oxidation sites excluding steroid dienone is 2. The minimum absolute atomic E-state index is 0. The lowest BCUT2D eigenvalue weighted by atomic mass is 9.81. The maximum absolute atomic E-state index is 13.0. The number of esters is 2. The van der Waals surface area contributed by atoms with Crippen molar-refractivity contribution in [3.63, 3.8) is 0 Å². The normalized spacial score (nSPS) is 13.2. The van der Waals surface area contributed by atoms with Crippen LogP contribution in [0.1, 0.15) is 103 Å². The summed E-state index contributed by atoms with van der Waals surface area (Å²) in [6.45, 7) is 8.55. The highest BCUT2D eigenvalue weighted by atomic mass is 79.9. The molecule has 1 aromatic heterocycles. The van der Waals surface area contributed by atoms with Crippen molar-refractivity contribution < 1.29 is 50.5 Å². The molecule has 10 heteroatoms. The molecule has 0 spiro atoms. The van der Waals surface area contributed by atoms with Gasteiger partial charge in [0, 0.05) is 35.9 Å². The molecule has 2 N–H and O–H groups in total. The van der Waals surface area contributed by atoms with Gasteiger partial charge in [-0.25, -0.2) is 14.2 Å². The standard InChI is InChI=1S/C30H44N2O6.2BrH/c1-5-37-29(35)26-22(3)31-23(4)27(30(36)38-6-2)28(26)24-17-16-20-32(21-24)19-15-13-11-9-7-8-10-12-14-18-25(33)34;;/h16-17,20-21,28H,5-15,18-19H2,1-4H3,(H-,31,33,34,35,36);2*1H. The first-order valence-corrected chi connectivity index (χ1v) is 14.0. The molecule has 0 fully saturated rings. The number of carbonyl (C=O) groups excluding carboxylic acids is 2. The van der Waals surface area contributed by atoms with E-state index < -0.39 is 23.8 Å². The highest BCUT2D eigenvalue weighted by Gasteiger charge is 2.38. The lowest BCUT2D eigenvalue weighted by Crippen LogP contribution is -3.00. The van der Waals surface area contributed by atoms with Crippen molar-refractivity contribution in [2.24, 2.45) is 0 Å². The smallest absolute Gasteiger partial charge is 0.336 e. The number of hydrogen-bond donors (Lipinski definition) is 2. The number of carbonyl (C=O) groups is 3. The van der Waals surface area contributed by atoms with E-state index >= 15 is 0 Å². The van der Waals surface area contributed by atoms with Crippen LogP contribution in [0.25, 0.3) is 0 Å². The molecule has 8 nitrogen and oxygen atoms in total. The van der Waals surface area contributed by atoms with Crippen LogP contribution in [0.15, 0.2) is 47.1 Å². The van der Waals surface area contributed by atoms with Gasteiger partial charge < -0.3 is 36.9 Å². The van der Waals surface area contributed by atoms with Gasteiger partial charge >= 0.3 is 17.9 Å². The third kappa shape index (κ3) is 12.1. The van der Waals surface area contributed by atoms with Gasteiger partial charge in [0.05, 0.1) is 30.3 Å². The van der Waals surface area contributed by atoms with Crippen LogP contribution in [0.4, 0.5) is 0 Å². The summed E-state index contributed by atoms with van der Waals surface area (Å²) >= 11 is 0. The average molecular weight is 691 g/mol. The van der Waals surface area contributed by atoms with Crippen molar-refractivity contribution in [3.05, 3.63) is 52.6 Å². The Balaban J connectivity index is 0.00000760. The number of rotatable bonds is 17. The van der Waals surface area contributed by atoms with Gasteiger partial charge in [-0.1, -0.05) is 38.5 Å². The third-order valence-electron chi connectivity index (χ3n) is 6.77. The Labute approximate surface area is 260 Å². The second-order valence-corrected chi connectivity index (χ2v) is 9.78. The van der Waals surface area contributed by atoms with Crippen LogP contribution in [0.2, 0.25) is 0 Å². The molecule has 0 radical (unpaired) electrons. The fourth-order valence-electron chi connectivity index (χ4n) is 4.95. The van der Waals surface area contributed by atoms with Gasteiger partial charge in [0.15, 0.2) is 12.4 Å². The van der Waals surface area contributed by atoms with Crippen molar-refractivity contribution in [2.75, 3.05) is 13.2 Å². The fourth-order valence-corrected chi connectivity index (χ4v) is 4.95. The summed E-state index contributed by atoms with van der Waals surface area (Å²) < 4.78 is 12.8. The van der Waals surface area contributed by atoms with E-state index in [4.69, 9.17) is 14.6 Å². The Hall–Kier alpha value is -2.20. The quantitative estimate of drug-likeness (QED) is 0.147. The predicted octanol–water partition coefficient (Wildman–Crippen LogP) is 2.90. The molecule has 0 bridgehead atoms. The number of nitrogens with one attached hydrogen (secondary N) is 1. The molecular weight excluding hydrogens is 644 g/mol. The number of carboxylic acids is 1. The van der Waals surface area contributed by atoms with Crippen molar-refractivity contribution in [1.29, 1.82) is 0 Å². The second kappa shape index (κ2) is 20.6. The molecule has 226 valence electrons. The Morgan fingerprint density at radius 1 is 0.850 bits per heavy atom. The molecule has 2 rings (SSSR count). The van der Waals surface area contributed by atoms with E-state index in [9.17, 15) is 14.4 Å². The highest BCUT2D eigenvalue weighted by Crippen LogP contribution is 2.38. The number of pyridine rings is 1. The molecule has 1 aliphatic rings. The zero-order valence-corrected chi connectivity index (χ0v) is 27.6. The van der Waals surface area contributed by atoms with Gasteiger partial charge in [0.1, 0.15) is 6.54 Å². The lowest BCUT2D eigenvalue weighted by molar-refractivity contribution is -0.697. The summed E-state index contributed by atoms with van der Waals surface area (Å²) in [5, 5.41) is 11.9. The van der Waals surface area contributed by atoms with Crippen LogP contribution in [0.5, 0.6) is 0 Å². The number of nitrogens with zero attached hydrogens (tertiary/aromatic N) is 1. The third-order valence-corrected chi connectivity index (χ3v) is 6.77. The van der Waals surface area contributed by atoms with Gasteiger partial charge in [-0.05, 0) is 46.6 Å². The Kier molecular flexibility index (Phi) is 19.5. The van der Waals surface area contributed by atoms with Crippen LogP contribution in [0.3, 0.4) is 0 Å². The molecule has 2 heterocycles. The maximum atomic E-state index is 13.0. The topological polar surface area (TPSA) is 106 Å². The number of dihydropyridines is 1. The molecule has 0 unspecified atom stereocenters. The van der Waals surface area contributed by atoms with Crippen LogP contribution in [-0.2, 0) is 30.4 Å². The number of unbranched alkanes of at least 4 members (excludes halogenated alkanes) is 8. The van der Waals surface area contributed by atoms with Crippen molar-refractivity contribution in [2.45, 2.75) is 104 Å². The minimum Gasteiger partial charge on any atom is -1.00 e. The second-order valence-electron chi connectivity index (χ2n) is 9.78. The Morgan fingerprint density at radius 3 is 1.80 bits per heavy atom. The van der Waals surface area contributed by atoms with Gasteiger partial charge in [-0.2, -0.15) is 0 Å². The van der Waals surface area contributed by atoms with E-state index in [2.05, 4.69) is 9.88 Å². The van der Waals surface area contributed by atoms with Crippen LogP contribution < -0.4 is 26.9 Å². The van der Waals surface area contributed by atoms with Gasteiger partial charge in [0.25, 0.3) is 0 Å². The van der Waals surface area contributed by atoms with E-state index in [0.717, 1.165) is 50.6 Å². The summed E-state index contributed by atoms with van der Waals surface area (Å²) in [5.41, 5.74) is 3.07. The number of carboxylic acid groups (broad SMARTS) is 1. The van der Waals surface area contributed by atoms with E-state index in [1.165, 1.54) is 19.3 Å². The first-order valence-electron chi connectivity index (χ1n) is 14.0. The SMILES string of the molecule is Br.CCOC(=O)C1=C(C)NC(C)=C(C(=O)OCC)C1c1ccc[n+](CCCCCCCCCCCC(=O)O)c1.[Br-]. The number of hydrogen-bond acceptors (Lipinski definition) is 6. The lowest BCUT2D eigenvalue weighted by Gasteiger charge is -2.29. The predicted molar refractivity (Wildman–Crippen MR) is 155 cm³/mol. The Bertz CT molecular complexity index is 985. The minimum atomic E-state index is -0.707. The monoisotopic (exact) mass is 688 g/mol. The summed E-state index contributed by atoms with van der Waals surface area (Å²) in [6.07, 6.45) is 14.1. The van der Waals surface area contributed by atoms with Crippen molar-refractivity contribution in [1.82, 2.24) is 5.32 Å². The van der Waals surface area contributed by atoms with E-state index in [1.54, 1.807) is 13.8 Å². The molecule has 0 atom stereocenters. The first-order chi connectivity index (χ1) is 18.3. The summed E-state index contributed by atoms with van der Waals surface area (Å²) in [6, 6.07) is 3.90. The number of ether oxygens (including phenoxy) is 2. The summed E-state index contributed by atoms with van der Waals surface area (Å²) in [4.78, 5) is 36.5. The first kappa shape index (κ1) is 37.8. The van der Waals surface area contributed by atoms with Crippen molar-refractivity contribution >= 4 is 34.9 Å². The number of aromatic nitrogens is 1. The molecule has 0 amide bonds. The summed E-state index contributed by atoms with van der Waals surface area (Å²) in [7, 11) is 0. The molecular formula is C30H46Br2N2O6. The zero-order valence-electron chi connectivity index (χ0n) is 24.3. The van der Waals surface area contributed by atoms with E-state index in [1.807, 2.05) is 38.4 Å².